The van der Waals surface area contributed by atoms with Gasteiger partial charge in [-0.3, -0.25) is 0 Å². The molecule has 0 radical (unpaired) electrons. The molecule has 0 aliphatic heterocycles. The molecule has 4 rings (SSSR count). The van der Waals surface area contributed by atoms with Gasteiger partial charge in [0.05, 0.1) is 16.7 Å². The Morgan fingerprint density at radius 3 is 0.783 bits per heavy atom. The van der Waals surface area contributed by atoms with Gasteiger partial charge >= 0.3 is 0 Å². The third kappa shape index (κ3) is 5.43. The van der Waals surface area contributed by atoms with Crippen LogP contribution in [0.25, 0.3) is 33.4 Å². The van der Waals surface area contributed by atoms with Crippen molar-refractivity contribution in [1.29, 1.82) is 0 Å². The largest absolute Gasteiger partial charge is 0.203 e. The highest BCUT2D eigenvalue weighted by Gasteiger charge is 2.35. The number of rotatable bonds is 5. The summed E-state index contributed by atoms with van der Waals surface area (Å²) >= 11 is 0. The fourth-order valence-electron chi connectivity index (χ4n) is 5.42. The molecule has 0 saturated heterocycles. The van der Waals surface area contributed by atoms with Gasteiger partial charge in [-0.15, -0.1) is 0 Å². The highest BCUT2D eigenvalue weighted by molar-refractivity contribution is 5.83. The van der Waals surface area contributed by atoms with E-state index in [2.05, 4.69) is 0 Å². The van der Waals surface area contributed by atoms with Gasteiger partial charge in [-0.2, -0.15) is 0 Å². The maximum absolute atomic E-state index is 15.5. The SMILES string of the molecule is CC(C)c1c(F)c(F)c(-c2cc(-c3c(F)c(F)c(C(C)C)c(F)c3F)cc(-c3c(F)c(F)c(C(C)(C)C)c(F)c3F)c2)c(F)c1F. The Balaban J connectivity index is 2.23. The molecule has 0 aliphatic rings. The zero-order valence-electron chi connectivity index (χ0n) is 25.4. The molecule has 0 bridgehead atoms. The van der Waals surface area contributed by atoms with Crippen LogP contribution in [0.5, 0.6) is 0 Å². The van der Waals surface area contributed by atoms with E-state index in [-0.39, 0.29) is 0 Å². The maximum atomic E-state index is 15.5. The van der Waals surface area contributed by atoms with Crippen LogP contribution in [0.1, 0.15) is 77.0 Å². The molecule has 0 amide bonds. The first-order chi connectivity index (χ1) is 21.1. The highest BCUT2D eigenvalue weighted by atomic mass is 19.2. The van der Waals surface area contributed by atoms with Gasteiger partial charge in [0.2, 0.25) is 0 Å². The molecule has 0 atom stereocenters. The van der Waals surface area contributed by atoms with Crippen LogP contribution in [0.3, 0.4) is 0 Å². The van der Waals surface area contributed by atoms with Gasteiger partial charge in [0.25, 0.3) is 0 Å². The zero-order valence-corrected chi connectivity index (χ0v) is 25.4. The second-order valence-electron chi connectivity index (χ2n) is 12.5. The average Bonchev–Trinajstić information content (AvgIpc) is 2.93. The van der Waals surface area contributed by atoms with Crippen LogP contribution in [0.15, 0.2) is 18.2 Å². The first-order valence-corrected chi connectivity index (χ1v) is 13.9. The Kier molecular flexibility index (Phi) is 9.11. The minimum Gasteiger partial charge on any atom is -0.203 e. The molecular formula is C34H26F12. The molecule has 4 aromatic carbocycles. The smallest absolute Gasteiger partial charge is 0.170 e. The van der Waals surface area contributed by atoms with Crippen LogP contribution >= 0.6 is 0 Å². The van der Waals surface area contributed by atoms with E-state index in [0.717, 1.165) is 0 Å². The van der Waals surface area contributed by atoms with Crippen LogP contribution in [0.2, 0.25) is 0 Å². The van der Waals surface area contributed by atoms with E-state index < -0.39 is 137 Å². The molecule has 12 heteroatoms. The predicted molar refractivity (Wildman–Crippen MR) is 149 cm³/mol. The summed E-state index contributed by atoms with van der Waals surface area (Å²) in [5.74, 6) is -25.7. The van der Waals surface area contributed by atoms with Crippen molar-refractivity contribution in [3.05, 3.63) is 105 Å². The summed E-state index contributed by atoms with van der Waals surface area (Å²) in [5.41, 5.74) is -12.4. The monoisotopic (exact) mass is 662 g/mol. The topological polar surface area (TPSA) is 0 Å². The van der Waals surface area contributed by atoms with E-state index in [9.17, 15) is 0 Å². The lowest BCUT2D eigenvalue weighted by atomic mass is 9.84. The normalized spacial score (nSPS) is 12.2. The number of hydrogen-bond donors (Lipinski definition) is 0. The molecule has 46 heavy (non-hydrogen) atoms. The summed E-state index contributed by atoms with van der Waals surface area (Å²) in [7, 11) is 0. The van der Waals surface area contributed by atoms with Crippen molar-refractivity contribution < 1.29 is 52.7 Å². The summed E-state index contributed by atoms with van der Waals surface area (Å²) in [4.78, 5) is 0. The van der Waals surface area contributed by atoms with Crippen molar-refractivity contribution in [3.63, 3.8) is 0 Å². The lowest BCUT2D eigenvalue weighted by Gasteiger charge is -2.23. The van der Waals surface area contributed by atoms with Gasteiger partial charge in [0.15, 0.2) is 69.8 Å². The summed E-state index contributed by atoms with van der Waals surface area (Å²) in [6.07, 6.45) is 0. The van der Waals surface area contributed by atoms with Crippen LogP contribution in [0.4, 0.5) is 52.7 Å². The second kappa shape index (κ2) is 12.0. The fraction of sp³-hybridized carbons (Fsp3) is 0.294. The molecule has 4 aromatic rings. The van der Waals surface area contributed by atoms with Gasteiger partial charge in [-0.05, 0) is 52.1 Å². The van der Waals surface area contributed by atoms with E-state index in [1.165, 1.54) is 48.5 Å². The second-order valence-corrected chi connectivity index (χ2v) is 12.5. The van der Waals surface area contributed by atoms with Gasteiger partial charge in [0.1, 0.15) is 0 Å². The summed E-state index contributed by atoms with van der Waals surface area (Å²) in [5, 5.41) is 0. The standard InChI is InChI=1S/C34H26F12/c1-11(2)16-22(35)26(39)18(27(40)23(16)36)13-8-14(19-28(41)24(37)17(12(3)4)25(38)29(19)42)10-15(9-13)20-30(43)32(45)21(34(5,6)7)33(46)31(20)44/h8-12H,1-7H3. The molecule has 0 nitrogen and oxygen atoms in total. The van der Waals surface area contributed by atoms with Gasteiger partial charge < -0.3 is 0 Å². The van der Waals surface area contributed by atoms with E-state index in [1.54, 1.807) is 0 Å². The first-order valence-electron chi connectivity index (χ1n) is 13.9. The van der Waals surface area contributed by atoms with Crippen LogP contribution in [0, 0.1) is 69.8 Å². The first kappa shape index (κ1) is 34.9. The Morgan fingerprint density at radius 1 is 0.370 bits per heavy atom. The minimum absolute atomic E-state index is 0.445. The van der Waals surface area contributed by atoms with Crippen LogP contribution in [-0.2, 0) is 5.41 Å². The molecule has 0 heterocycles. The van der Waals surface area contributed by atoms with Crippen molar-refractivity contribution in [2.45, 2.75) is 65.7 Å². The van der Waals surface area contributed by atoms with Crippen LogP contribution in [-0.4, -0.2) is 0 Å². The molecule has 0 aromatic heterocycles. The van der Waals surface area contributed by atoms with E-state index in [0.29, 0.717) is 18.2 Å². The Labute approximate surface area is 256 Å². The Morgan fingerprint density at radius 2 is 0.587 bits per heavy atom. The molecular weight excluding hydrogens is 636 g/mol. The lowest BCUT2D eigenvalue weighted by Crippen LogP contribution is -2.19. The average molecular weight is 663 g/mol. The van der Waals surface area contributed by atoms with E-state index in [1.807, 2.05) is 0 Å². The van der Waals surface area contributed by atoms with Crippen molar-refractivity contribution in [2.24, 2.45) is 0 Å². The van der Waals surface area contributed by atoms with Crippen molar-refractivity contribution in [2.75, 3.05) is 0 Å². The quantitative estimate of drug-likeness (QED) is 0.147. The highest BCUT2D eigenvalue weighted by Crippen LogP contribution is 2.44. The molecule has 0 saturated carbocycles. The van der Waals surface area contributed by atoms with Crippen molar-refractivity contribution in [3.8, 4) is 33.4 Å². The van der Waals surface area contributed by atoms with Gasteiger partial charge in [0, 0.05) is 16.7 Å². The number of halogens is 12. The molecule has 0 fully saturated rings. The van der Waals surface area contributed by atoms with Crippen molar-refractivity contribution >= 4 is 0 Å². The summed E-state index contributed by atoms with van der Waals surface area (Å²) in [6, 6.07) is 1.34. The third-order valence-corrected chi connectivity index (χ3v) is 7.56. The van der Waals surface area contributed by atoms with Crippen LogP contribution < -0.4 is 0 Å². The zero-order chi connectivity index (χ0) is 34.9. The number of hydrogen-bond acceptors (Lipinski definition) is 0. The van der Waals surface area contributed by atoms with Gasteiger partial charge in [-0.1, -0.05) is 48.5 Å². The fourth-order valence-corrected chi connectivity index (χ4v) is 5.42. The molecule has 0 spiro atoms. The summed E-state index contributed by atoms with van der Waals surface area (Å²) < 4.78 is 183. The molecule has 0 aliphatic carbocycles. The summed E-state index contributed by atoms with van der Waals surface area (Å²) in [6.45, 7) is 8.55. The predicted octanol–water partition coefficient (Wildman–Crippen LogP) is 11.9. The lowest BCUT2D eigenvalue weighted by molar-refractivity contribution is 0.407. The van der Waals surface area contributed by atoms with Gasteiger partial charge in [-0.25, -0.2) is 52.7 Å². The molecule has 0 unspecified atom stereocenters. The molecule has 246 valence electrons. The number of benzene rings is 4. The van der Waals surface area contributed by atoms with E-state index >= 15 is 52.7 Å². The van der Waals surface area contributed by atoms with E-state index in [4.69, 9.17) is 0 Å². The van der Waals surface area contributed by atoms with Crippen molar-refractivity contribution in [1.82, 2.24) is 0 Å². The molecule has 0 N–H and O–H groups in total. The third-order valence-electron chi connectivity index (χ3n) is 7.56. The minimum atomic E-state index is -2.05. The maximum Gasteiger partial charge on any atom is 0.170 e. The Bertz CT molecular complexity index is 1720. The Hall–Kier alpha value is -3.96.